The van der Waals surface area contributed by atoms with Crippen molar-refractivity contribution in [2.75, 3.05) is 0 Å². The van der Waals surface area contributed by atoms with Crippen molar-refractivity contribution in [3.05, 3.63) is 58.7 Å². The molecule has 0 aliphatic carbocycles. The highest BCUT2D eigenvalue weighted by Crippen LogP contribution is 2.15. The van der Waals surface area contributed by atoms with Crippen LogP contribution in [0.5, 0.6) is 0 Å². The SMILES string of the molecule is NC(Cc1cccc2c1B(O)OC2)C(=O)O.O=C(O)C(O)Cc1cccc2c1B(O)OC2. The lowest BCUT2D eigenvalue weighted by Crippen LogP contribution is -2.37. The molecule has 2 aromatic carbocycles. The average Bonchev–Trinajstić information content (AvgIpc) is 3.32. The van der Waals surface area contributed by atoms with Crippen molar-refractivity contribution in [1.82, 2.24) is 0 Å². The molecule has 0 fully saturated rings. The van der Waals surface area contributed by atoms with Crippen LogP contribution in [0.1, 0.15) is 22.3 Å². The zero-order valence-corrected chi connectivity index (χ0v) is 17.0. The summed E-state index contributed by atoms with van der Waals surface area (Å²) in [5.41, 5.74) is 9.79. The molecule has 0 spiro atoms. The van der Waals surface area contributed by atoms with Gasteiger partial charge in [-0.05, 0) is 39.6 Å². The van der Waals surface area contributed by atoms with Crippen molar-refractivity contribution in [2.45, 2.75) is 38.2 Å². The van der Waals surface area contributed by atoms with Crippen LogP contribution in [0.4, 0.5) is 0 Å². The van der Waals surface area contributed by atoms with Gasteiger partial charge in [0.2, 0.25) is 0 Å². The number of aliphatic carboxylic acids is 2. The second-order valence-corrected chi connectivity index (χ2v) is 7.51. The second-order valence-electron chi connectivity index (χ2n) is 7.51. The van der Waals surface area contributed by atoms with E-state index in [0.717, 1.165) is 16.7 Å². The standard InChI is InChI=1S/C10H12BNO4.C10H11BO5/c2*12-8(10(13)14)4-6-2-1-3-7-5-16-11(15)9(6)7/h1-3,8,15H,4-5,12H2,(H,13,14);1-3,8,12,15H,4-5H2,(H,13,14). The van der Waals surface area contributed by atoms with Gasteiger partial charge >= 0.3 is 26.2 Å². The van der Waals surface area contributed by atoms with E-state index in [9.17, 15) is 24.7 Å². The third kappa shape index (κ3) is 5.36. The summed E-state index contributed by atoms with van der Waals surface area (Å²) in [5, 5.41) is 45.8. The maximum Gasteiger partial charge on any atom is 0.492 e. The molecule has 0 aromatic heterocycles. The van der Waals surface area contributed by atoms with E-state index < -0.39 is 38.3 Å². The zero-order valence-electron chi connectivity index (χ0n) is 17.0. The van der Waals surface area contributed by atoms with E-state index in [1.807, 2.05) is 18.2 Å². The van der Waals surface area contributed by atoms with Crippen LogP contribution >= 0.6 is 0 Å². The van der Waals surface area contributed by atoms with E-state index >= 15 is 0 Å². The summed E-state index contributed by atoms with van der Waals surface area (Å²) in [5.74, 6) is -2.32. The van der Waals surface area contributed by atoms with Crippen molar-refractivity contribution in [3.63, 3.8) is 0 Å². The van der Waals surface area contributed by atoms with Gasteiger partial charge in [0.1, 0.15) is 6.04 Å². The largest absolute Gasteiger partial charge is 0.492 e. The minimum atomic E-state index is -1.46. The van der Waals surface area contributed by atoms with Gasteiger partial charge in [-0.25, -0.2) is 4.79 Å². The predicted octanol–water partition coefficient (Wildman–Crippen LogP) is -2.25. The van der Waals surface area contributed by atoms with Crippen LogP contribution in [0, 0.1) is 0 Å². The molecular formula is C20H23B2NO9. The van der Waals surface area contributed by atoms with E-state index in [0.29, 0.717) is 29.7 Å². The summed E-state index contributed by atoms with van der Waals surface area (Å²) in [6, 6.07) is 9.71. The Labute approximate surface area is 184 Å². The number of carbonyl (C=O) groups is 2. The molecule has 2 aromatic rings. The Bertz CT molecular complexity index is 924. The Balaban J connectivity index is 0.000000181. The number of benzene rings is 2. The first kappa shape index (κ1) is 23.9. The Morgan fingerprint density at radius 2 is 1.34 bits per heavy atom. The maximum absolute atomic E-state index is 10.7. The monoisotopic (exact) mass is 443 g/mol. The van der Waals surface area contributed by atoms with Crippen molar-refractivity contribution in [3.8, 4) is 0 Å². The first-order valence-corrected chi connectivity index (χ1v) is 9.89. The molecule has 0 saturated heterocycles. The molecule has 0 amide bonds. The first-order valence-electron chi connectivity index (χ1n) is 9.89. The Morgan fingerprint density at radius 3 is 1.78 bits per heavy atom. The van der Waals surface area contributed by atoms with Gasteiger partial charge < -0.3 is 40.4 Å². The Kier molecular flexibility index (Phi) is 7.67. The van der Waals surface area contributed by atoms with E-state index in [-0.39, 0.29) is 12.8 Å². The van der Waals surface area contributed by atoms with Gasteiger partial charge in [0.15, 0.2) is 6.10 Å². The van der Waals surface area contributed by atoms with Gasteiger partial charge in [0, 0.05) is 6.42 Å². The molecule has 2 heterocycles. The highest BCUT2D eigenvalue weighted by Gasteiger charge is 2.32. The number of hydrogen-bond acceptors (Lipinski definition) is 8. The Hall–Kier alpha value is -2.73. The molecule has 0 radical (unpaired) electrons. The molecular weight excluding hydrogens is 420 g/mol. The highest BCUT2D eigenvalue weighted by molar-refractivity contribution is 6.62. The van der Waals surface area contributed by atoms with Crippen LogP contribution < -0.4 is 16.7 Å². The summed E-state index contributed by atoms with van der Waals surface area (Å²) in [7, 11) is -1.99. The normalized spacial score (nSPS) is 16.0. The molecule has 2 aliphatic rings. The fourth-order valence-corrected chi connectivity index (χ4v) is 3.70. The zero-order chi connectivity index (χ0) is 23.4. The van der Waals surface area contributed by atoms with Gasteiger partial charge in [-0.15, -0.1) is 0 Å². The number of hydrogen-bond donors (Lipinski definition) is 6. The molecule has 0 bridgehead atoms. The summed E-state index contributed by atoms with van der Waals surface area (Å²) in [4.78, 5) is 21.2. The number of rotatable bonds is 6. The number of nitrogens with two attached hydrogens (primary N) is 1. The number of aliphatic hydroxyl groups excluding tert-OH is 1. The van der Waals surface area contributed by atoms with Gasteiger partial charge in [-0.2, -0.15) is 0 Å². The van der Waals surface area contributed by atoms with E-state index in [1.54, 1.807) is 18.2 Å². The molecule has 2 atom stereocenters. The molecule has 7 N–H and O–H groups in total. The van der Waals surface area contributed by atoms with E-state index in [4.69, 9.17) is 25.3 Å². The molecule has 168 valence electrons. The van der Waals surface area contributed by atoms with Crippen LogP contribution in [0.25, 0.3) is 0 Å². The summed E-state index contributed by atoms with van der Waals surface area (Å²) < 4.78 is 10.1. The van der Waals surface area contributed by atoms with Gasteiger partial charge in [0.25, 0.3) is 0 Å². The van der Waals surface area contributed by atoms with Crippen molar-refractivity contribution < 1.29 is 44.3 Å². The molecule has 2 unspecified atom stereocenters. The topological polar surface area (TPSA) is 180 Å². The van der Waals surface area contributed by atoms with Crippen LogP contribution in [0.2, 0.25) is 0 Å². The molecule has 10 nitrogen and oxygen atoms in total. The minimum absolute atomic E-state index is 0.0288. The van der Waals surface area contributed by atoms with Gasteiger partial charge in [0.05, 0.1) is 13.2 Å². The van der Waals surface area contributed by atoms with Crippen molar-refractivity contribution in [1.29, 1.82) is 0 Å². The van der Waals surface area contributed by atoms with E-state index in [1.165, 1.54) is 0 Å². The molecule has 0 saturated carbocycles. The van der Waals surface area contributed by atoms with Gasteiger partial charge in [-0.1, -0.05) is 36.4 Å². The lowest BCUT2D eigenvalue weighted by atomic mass is 9.75. The number of carboxylic acids is 2. The lowest BCUT2D eigenvalue weighted by molar-refractivity contribution is -0.146. The average molecular weight is 443 g/mol. The quantitative estimate of drug-likeness (QED) is 0.267. The summed E-state index contributed by atoms with van der Waals surface area (Å²) in [6.07, 6.45) is -1.29. The third-order valence-electron chi connectivity index (χ3n) is 5.32. The number of fused-ring (bicyclic) bond motifs is 2. The second kappa shape index (κ2) is 10.3. The Morgan fingerprint density at radius 1 is 0.875 bits per heavy atom. The van der Waals surface area contributed by atoms with Crippen LogP contribution in [0.3, 0.4) is 0 Å². The van der Waals surface area contributed by atoms with Crippen molar-refractivity contribution in [2.24, 2.45) is 5.73 Å². The predicted molar refractivity (Wildman–Crippen MR) is 114 cm³/mol. The number of carboxylic acid groups (broad SMARTS) is 2. The lowest BCUT2D eigenvalue weighted by Gasteiger charge is -2.10. The van der Waals surface area contributed by atoms with Gasteiger partial charge in [-0.3, -0.25) is 4.79 Å². The number of aliphatic hydroxyl groups is 1. The molecule has 32 heavy (non-hydrogen) atoms. The fraction of sp³-hybridized carbons (Fsp3) is 0.300. The third-order valence-corrected chi connectivity index (χ3v) is 5.32. The van der Waals surface area contributed by atoms with Crippen LogP contribution in [-0.4, -0.2) is 63.7 Å². The smallest absolute Gasteiger partial charge is 0.480 e. The summed E-state index contributed by atoms with van der Waals surface area (Å²) in [6.45, 7) is 0.667. The fourth-order valence-electron chi connectivity index (χ4n) is 3.70. The van der Waals surface area contributed by atoms with Crippen molar-refractivity contribution >= 4 is 37.1 Å². The van der Waals surface area contributed by atoms with E-state index in [2.05, 4.69) is 0 Å². The minimum Gasteiger partial charge on any atom is -0.480 e. The highest BCUT2D eigenvalue weighted by atomic mass is 16.5. The first-order chi connectivity index (χ1) is 15.2. The molecule has 12 heteroatoms. The molecule has 4 rings (SSSR count). The van der Waals surface area contributed by atoms with Crippen LogP contribution in [0.15, 0.2) is 36.4 Å². The molecule has 2 aliphatic heterocycles. The maximum atomic E-state index is 10.7. The van der Waals surface area contributed by atoms with Crippen LogP contribution in [-0.2, 0) is 45.0 Å². The summed E-state index contributed by atoms with van der Waals surface area (Å²) >= 11 is 0.